The Morgan fingerprint density at radius 3 is 2.31 bits per heavy atom. The van der Waals surface area contributed by atoms with E-state index in [1.807, 2.05) is 13.8 Å². The first-order chi connectivity index (χ1) is 7.52. The molecule has 0 saturated heterocycles. The molecule has 0 bridgehead atoms. The summed E-state index contributed by atoms with van der Waals surface area (Å²) in [7, 11) is 0. The number of rotatable bonds is 8. The summed E-state index contributed by atoms with van der Waals surface area (Å²) in [6.07, 6.45) is 3.68. The van der Waals surface area contributed by atoms with Gasteiger partial charge in [0.05, 0.1) is 5.41 Å². The van der Waals surface area contributed by atoms with Crippen LogP contribution in [-0.4, -0.2) is 23.5 Å². The SMILES string of the molecule is C=CCCC(=O)NCC(CC)(CC)C(=O)O. The molecule has 0 aliphatic heterocycles. The number of carbonyl (C=O) groups excluding carboxylic acids is 1. The van der Waals surface area contributed by atoms with Crippen molar-refractivity contribution >= 4 is 11.9 Å². The molecule has 0 spiro atoms. The van der Waals surface area contributed by atoms with E-state index in [-0.39, 0.29) is 12.5 Å². The van der Waals surface area contributed by atoms with Gasteiger partial charge in [0.15, 0.2) is 0 Å². The number of nitrogens with one attached hydrogen (secondary N) is 1. The van der Waals surface area contributed by atoms with Crippen LogP contribution in [0.3, 0.4) is 0 Å². The predicted octanol–water partition coefficient (Wildman–Crippen LogP) is 1.96. The summed E-state index contributed by atoms with van der Waals surface area (Å²) in [5.41, 5.74) is -0.830. The lowest BCUT2D eigenvalue weighted by Gasteiger charge is -2.26. The molecule has 4 heteroatoms. The lowest BCUT2D eigenvalue weighted by atomic mass is 9.82. The van der Waals surface area contributed by atoms with E-state index in [2.05, 4.69) is 11.9 Å². The van der Waals surface area contributed by atoms with E-state index in [1.54, 1.807) is 6.08 Å². The van der Waals surface area contributed by atoms with Gasteiger partial charge in [-0.1, -0.05) is 19.9 Å². The Bertz CT molecular complexity index is 257. The number of hydrogen-bond acceptors (Lipinski definition) is 2. The second-order valence-corrected chi connectivity index (χ2v) is 3.90. The van der Waals surface area contributed by atoms with E-state index in [0.717, 1.165) is 0 Å². The first-order valence-electron chi connectivity index (χ1n) is 5.63. The molecule has 1 amide bonds. The van der Waals surface area contributed by atoms with Crippen LogP contribution < -0.4 is 5.32 Å². The summed E-state index contributed by atoms with van der Waals surface area (Å²) in [6.45, 7) is 7.38. The Labute approximate surface area is 96.7 Å². The molecule has 0 fully saturated rings. The Morgan fingerprint density at radius 1 is 1.38 bits per heavy atom. The van der Waals surface area contributed by atoms with Crippen molar-refractivity contribution in [1.29, 1.82) is 0 Å². The van der Waals surface area contributed by atoms with Gasteiger partial charge in [-0.05, 0) is 19.3 Å². The fourth-order valence-corrected chi connectivity index (χ4v) is 1.47. The van der Waals surface area contributed by atoms with Gasteiger partial charge in [-0.25, -0.2) is 0 Å². The third kappa shape index (κ3) is 4.04. The van der Waals surface area contributed by atoms with Crippen molar-refractivity contribution < 1.29 is 14.7 Å². The van der Waals surface area contributed by atoms with Gasteiger partial charge in [-0.3, -0.25) is 9.59 Å². The van der Waals surface area contributed by atoms with Crippen LogP contribution >= 0.6 is 0 Å². The van der Waals surface area contributed by atoms with Crippen LogP contribution in [0.4, 0.5) is 0 Å². The molecule has 0 aromatic heterocycles. The third-order valence-electron chi connectivity index (χ3n) is 3.01. The van der Waals surface area contributed by atoms with Crippen LogP contribution in [0.15, 0.2) is 12.7 Å². The van der Waals surface area contributed by atoms with Crippen LogP contribution in [0.25, 0.3) is 0 Å². The molecule has 2 N–H and O–H groups in total. The minimum absolute atomic E-state index is 0.118. The van der Waals surface area contributed by atoms with Crippen LogP contribution in [0, 0.1) is 5.41 Å². The molecule has 4 nitrogen and oxygen atoms in total. The minimum Gasteiger partial charge on any atom is -0.481 e. The second-order valence-electron chi connectivity index (χ2n) is 3.90. The number of hydrogen-bond donors (Lipinski definition) is 2. The van der Waals surface area contributed by atoms with Crippen LogP contribution in [-0.2, 0) is 9.59 Å². The van der Waals surface area contributed by atoms with Crippen molar-refractivity contribution in [1.82, 2.24) is 5.32 Å². The second kappa shape index (κ2) is 7.04. The van der Waals surface area contributed by atoms with Crippen molar-refractivity contribution in [2.45, 2.75) is 39.5 Å². The van der Waals surface area contributed by atoms with Crippen molar-refractivity contribution in [3.05, 3.63) is 12.7 Å². The van der Waals surface area contributed by atoms with E-state index < -0.39 is 11.4 Å². The highest BCUT2D eigenvalue weighted by atomic mass is 16.4. The highest BCUT2D eigenvalue weighted by Gasteiger charge is 2.34. The Morgan fingerprint density at radius 2 is 1.94 bits per heavy atom. The lowest BCUT2D eigenvalue weighted by molar-refractivity contribution is -0.149. The number of carboxylic acid groups (broad SMARTS) is 1. The van der Waals surface area contributed by atoms with Gasteiger partial charge in [0.25, 0.3) is 0 Å². The third-order valence-corrected chi connectivity index (χ3v) is 3.01. The molecule has 0 unspecified atom stereocenters. The zero-order valence-corrected chi connectivity index (χ0v) is 10.1. The zero-order chi connectivity index (χ0) is 12.6. The molecule has 0 radical (unpaired) electrons. The molecule has 0 atom stereocenters. The number of amides is 1. The van der Waals surface area contributed by atoms with Crippen molar-refractivity contribution in [2.24, 2.45) is 5.41 Å². The predicted molar refractivity (Wildman–Crippen MR) is 63.1 cm³/mol. The highest BCUT2D eigenvalue weighted by Crippen LogP contribution is 2.25. The molecule has 0 saturated carbocycles. The van der Waals surface area contributed by atoms with Crippen molar-refractivity contribution in [3.63, 3.8) is 0 Å². The molecule has 0 aliphatic rings. The van der Waals surface area contributed by atoms with E-state index in [1.165, 1.54) is 0 Å². The largest absolute Gasteiger partial charge is 0.481 e. The summed E-state index contributed by atoms with van der Waals surface area (Å²) >= 11 is 0. The average Bonchev–Trinajstić information content (AvgIpc) is 2.28. The normalized spacial score (nSPS) is 10.9. The minimum atomic E-state index is -0.846. The first-order valence-corrected chi connectivity index (χ1v) is 5.63. The van der Waals surface area contributed by atoms with Gasteiger partial charge in [-0.15, -0.1) is 6.58 Å². The average molecular weight is 227 g/mol. The number of allylic oxidation sites excluding steroid dienone is 1. The number of carboxylic acids is 1. The fraction of sp³-hybridized carbons (Fsp3) is 0.667. The van der Waals surface area contributed by atoms with Crippen LogP contribution in [0.1, 0.15) is 39.5 Å². The maximum Gasteiger partial charge on any atom is 0.311 e. The van der Waals surface area contributed by atoms with Crippen LogP contribution in [0.5, 0.6) is 0 Å². The Hall–Kier alpha value is -1.32. The molecule has 92 valence electrons. The van der Waals surface area contributed by atoms with Crippen LogP contribution in [0.2, 0.25) is 0 Å². The molecule has 0 aromatic carbocycles. The number of carbonyl (C=O) groups is 2. The van der Waals surface area contributed by atoms with Gasteiger partial charge < -0.3 is 10.4 Å². The lowest BCUT2D eigenvalue weighted by Crippen LogP contribution is -2.42. The summed E-state index contributed by atoms with van der Waals surface area (Å²) in [5, 5.41) is 11.8. The first kappa shape index (κ1) is 14.7. The molecule has 0 aromatic rings. The summed E-state index contributed by atoms with van der Waals surface area (Å²) in [6, 6.07) is 0. The Kier molecular flexibility index (Phi) is 6.46. The summed E-state index contributed by atoms with van der Waals surface area (Å²) < 4.78 is 0. The van der Waals surface area contributed by atoms with E-state index in [0.29, 0.717) is 25.7 Å². The smallest absolute Gasteiger partial charge is 0.311 e. The van der Waals surface area contributed by atoms with Crippen molar-refractivity contribution in [2.75, 3.05) is 6.54 Å². The number of aliphatic carboxylic acids is 1. The van der Waals surface area contributed by atoms with E-state index >= 15 is 0 Å². The molecule has 16 heavy (non-hydrogen) atoms. The highest BCUT2D eigenvalue weighted by molar-refractivity contribution is 5.79. The summed E-state index contributed by atoms with van der Waals surface area (Å²) in [4.78, 5) is 22.5. The standard InChI is InChI=1S/C12H21NO3/c1-4-7-8-10(14)13-9-12(5-2,6-3)11(15)16/h4H,1,5-9H2,2-3H3,(H,13,14)(H,15,16). The van der Waals surface area contributed by atoms with Gasteiger partial charge in [0, 0.05) is 13.0 Å². The van der Waals surface area contributed by atoms with E-state index in [4.69, 9.17) is 5.11 Å². The molecule has 0 aliphatic carbocycles. The summed E-state index contributed by atoms with van der Waals surface area (Å²) in [5.74, 6) is -0.964. The molecular weight excluding hydrogens is 206 g/mol. The van der Waals surface area contributed by atoms with E-state index in [9.17, 15) is 9.59 Å². The molecule has 0 heterocycles. The Balaban J connectivity index is 4.27. The van der Waals surface area contributed by atoms with Gasteiger partial charge >= 0.3 is 5.97 Å². The quantitative estimate of drug-likeness (QED) is 0.623. The molecule has 0 rings (SSSR count). The fourth-order valence-electron chi connectivity index (χ4n) is 1.47. The van der Waals surface area contributed by atoms with Gasteiger partial charge in [0.1, 0.15) is 0 Å². The topological polar surface area (TPSA) is 66.4 Å². The zero-order valence-electron chi connectivity index (χ0n) is 10.1. The van der Waals surface area contributed by atoms with Gasteiger partial charge in [-0.2, -0.15) is 0 Å². The maximum absolute atomic E-state index is 11.4. The monoisotopic (exact) mass is 227 g/mol. The van der Waals surface area contributed by atoms with Crippen molar-refractivity contribution in [3.8, 4) is 0 Å². The molecular formula is C12H21NO3. The van der Waals surface area contributed by atoms with Gasteiger partial charge in [0.2, 0.25) is 5.91 Å². The maximum atomic E-state index is 11.4.